The second-order valence-corrected chi connectivity index (χ2v) is 13.1. The van der Waals surface area contributed by atoms with Gasteiger partial charge in [-0.25, -0.2) is 17.6 Å². The van der Waals surface area contributed by atoms with E-state index in [1.54, 1.807) is 0 Å². The quantitative estimate of drug-likeness (QED) is 0.549. The van der Waals surface area contributed by atoms with Crippen LogP contribution in [0, 0.1) is 17.2 Å². The largest absolute Gasteiger partial charge is 0.444 e. The number of sulfonamides is 1. The van der Waals surface area contributed by atoms with Crippen molar-refractivity contribution in [1.29, 1.82) is 0 Å². The van der Waals surface area contributed by atoms with Crippen molar-refractivity contribution < 1.29 is 32.2 Å². The normalized spacial score (nSPS) is 23.2. The molecule has 2 aromatic carbocycles. The number of benzene rings is 2. The summed E-state index contributed by atoms with van der Waals surface area (Å²) in [6.07, 6.45) is -1.02. The molecule has 1 fully saturated rings. The molecule has 0 radical (unpaired) electrons. The summed E-state index contributed by atoms with van der Waals surface area (Å²) in [7, 11) is -4.03. The molecule has 38 heavy (non-hydrogen) atoms. The highest BCUT2D eigenvalue weighted by atomic mass is 32.2. The van der Waals surface area contributed by atoms with Gasteiger partial charge in [-0.05, 0) is 53.5 Å². The van der Waals surface area contributed by atoms with E-state index in [0.29, 0.717) is 31.6 Å². The summed E-state index contributed by atoms with van der Waals surface area (Å²) in [5, 5.41) is 14.1. The van der Waals surface area contributed by atoms with Crippen molar-refractivity contribution in [2.45, 2.75) is 63.2 Å². The number of carbonyl (C=O) groups excluding carboxylic acids is 1. The molecule has 0 unspecified atom stereocenters. The number of rotatable bonds is 7. The summed E-state index contributed by atoms with van der Waals surface area (Å²) in [6, 6.07) is 12.2. The first kappa shape index (κ1) is 28.5. The van der Waals surface area contributed by atoms with Crippen LogP contribution in [0.4, 0.5) is 9.18 Å². The van der Waals surface area contributed by atoms with Gasteiger partial charge in [0.2, 0.25) is 10.0 Å². The Bertz CT molecular complexity index is 1210. The Balaban J connectivity index is 1.60. The molecule has 2 aromatic rings. The van der Waals surface area contributed by atoms with E-state index in [2.05, 4.69) is 5.32 Å². The van der Waals surface area contributed by atoms with Gasteiger partial charge in [0.15, 0.2) is 0 Å². The fourth-order valence-electron chi connectivity index (χ4n) is 4.95. The molecule has 10 heteroatoms. The summed E-state index contributed by atoms with van der Waals surface area (Å²) >= 11 is 0. The number of aliphatic hydroxyl groups excluding tert-OH is 1. The number of β-amino-alcohol motifs (C(OH)–C–C–N with tert-alkyl or cyclic N) is 1. The maximum Gasteiger partial charge on any atom is 0.407 e. The van der Waals surface area contributed by atoms with Crippen molar-refractivity contribution in [2.75, 3.05) is 26.3 Å². The smallest absolute Gasteiger partial charge is 0.407 e. The lowest BCUT2D eigenvalue weighted by atomic mass is 9.77. The van der Waals surface area contributed by atoms with Crippen molar-refractivity contribution in [3.63, 3.8) is 0 Å². The molecule has 0 bridgehead atoms. The van der Waals surface area contributed by atoms with Crippen LogP contribution in [-0.4, -0.2) is 68.5 Å². The summed E-state index contributed by atoms with van der Waals surface area (Å²) in [5.41, 5.74) is 1.03. The fourth-order valence-corrected chi connectivity index (χ4v) is 6.67. The number of alkyl carbamates (subject to hydrolysis) is 1. The molecule has 1 amide bonds. The number of nitrogens with one attached hydrogen (secondary N) is 1. The van der Waals surface area contributed by atoms with Gasteiger partial charge in [0, 0.05) is 19.5 Å². The number of fused-ring (bicyclic) bond motifs is 1. The average molecular weight is 549 g/mol. The van der Waals surface area contributed by atoms with Crippen LogP contribution in [0.2, 0.25) is 0 Å². The van der Waals surface area contributed by atoms with Crippen LogP contribution in [0.25, 0.3) is 0 Å². The number of halogens is 1. The summed E-state index contributed by atoms with van der Waals surface area (Å²) in [5.74, 6) is -0.612. The zero-order valence-corrected chi connectivity index (χ0v) is 22.9. The molecule has 0 aromatic heterocycles. The predicted octanol–water partition coefficient (Wildman–Crippen LogP) is 3.52. The minimum absolute atomic E-state index is 0.0473. The van der Waals surface area contributed by atoms with Gasteiger partial charge in [0.1, 0.15) is 11.9 Å². The lowest BCUT2D eigenvalue weighted by molar-refractivity contribution is 0.0626. The van der Waals surface area contributed by atoms with Gasteiger partial charge in [-0.1, -0.05) is 51.1 Å². The highest BCUT2D eigenvalue weighted by molar-refractivity contribution is 7.89. The number of nitrogens with zero attached hydrogens (tertiary/aromatic N) is 1. The van der Waals surface area contributed by atoms with E-state index >= 15 is 0 Å². The van der Waals surface area contributed by atoms with Crippen LogP contribution in [-0.2, 0) is 32.3 Å². The molecule has 4 rings (SSSR count). The Labute approximate surface area is 224 Å². The minimum atomic E-state index is -4.03. The monoisotopic (exact) mass is 548 g/mol. The molecule has 2 aliphatic rings. The summed E-state index contributed by atoms with van der Waals surface area (Å²) < 4.78 is 53.5. The number of carbonyl (C=O) groups is 1. The van der Waals surface area contributed by atoms with Gasteiger partial charge >= 0.3 is 6.09 Å². The van der Waals surface area contributed by atoms with Crippen LogP contribution in [0.3, 0.4) is 0 Å². The topological polar surface area (TPSA) is 105 Å². The molecule has 1 saturated heterocycles. The van der Waals surface area contributed by atoms with Crippen molar-refractivity contribution in [1.82, 2.24) is 9.62 Å². The molecule has 0 saturated carbocycles. The first-order valence-electron chi connectivity index (χ1n) is 13.0. The molecule has 208 valence electrons. The van der Waals surface area contributed by atoms with Gasteiger partial charge in [-0.3, -0.25) is 0 Å². The molecule has 4 atom stereocenters. The number of ether oxygens (including phenoxy) is 2. The molecule has 2 heterocycles. The maximum absolute atomic E-state index is 14.1. The second-order valence-electron chi connectivity index (χ2n) is 11.2. The van der Waals surface area contributed by atoms with Crippen LogP contribution < -0.4 is 5.32 Å². The van der Waals surface area contributed by atoms with Gasteiger partial charge < -0.3 is 19.9 Å². The second kappa shape index (κ2) is 11.7. The third-order valence-electron chi connectivity index (χ3n) is 7.37. The van der Waals surface area contributed by atoms with E-state index in [1.807, 2.05) is 51.1 Å². The predicted molar refractivity (Wildman–Crippen MR) is 141 cm³/mol. The van der Waals surface area contributed by atoms with E-state index in [9.17, 15) is 22.7 Å². The van der Waals surface area contributed by atoms with Crippen LogP contribution in [0.5, 0.6) is 0 Å². The van der Waals surface area contributed by atoms with Crippen LogP contribution >= 0.6 is 0 Å². The van der Waals surface area contributed by atoms with Crippen molar-refractivity contribution in [2.24, 2.45) is 11.3 Å². The van der Waals surface area contributed by atoms with E-state index < -0.39 is 34.1 Å². The Kier molecular flexibility index (Phi) is 8.76. The zero-order chi connectivity index (χ0) is 27.5. The molecule has 2 N–H and O–H groups in total. The first-order valence-corrected chi connectivity index (χ1v) is 14.4. The minimum Gasteiger partial charge on any atom is -0.444 e. The summed E-state index contributed by atoms with van der Waals surface area (Å²) in [6.45, 7) is 6.81. The number of amides is 1. The Morgan fingerprint density at radius 3 is 2.63 bits per heavy atom. The number of hydrogen-bond acceptors (Lipinski definition) is 6. The highest BCUT2D eigenvalue weighted by Crippen LogP contribution is 2.37. The van der Waals surface area contributed by atoms with E-state index in [1.165, 1.54) is 16.4 Å². The Morgan fingerprint density at radius 2 is 1.97 bits per heavy atom. The standard InChI is InChI=1S/C28H37FN2O6S/c1-28(2,3)21-14-20-15-22(29)9-10-26(20)38(34,35)31(16-21)17-25(32)24(13-19-7-5-4-6-8-19)30-27(33)37-23-11-12-36-18-23/h4-10,15,21,23-25,32H,11-14,16-18H2,1-3H3,(H,30,33)/t21-,23+,24+,25-/m1/s1. The molecular formula is C28H37FN2O6S. The van der Waals surface area contributed by atoms with Gasteiger partial charge in [-0.2, -0.15) is 4.31 Å². The van der Waals surface area contributed by atoms with Crippen molar-refractivity contribution >= 4 is 16.1 Å². The molecule has 2 aliphatic heterocycles. The summed E-state index contributed by atoms with van der Waals surface area (Å²) in [4.78, 5) is 12.7. The third kappa shape index (κ3) is 6.91. The van der Waals surface area contributed by atoms with Crippen molar-refractivity contribution in [3.05, 3.63) is 65.5 Å². The molecule has 0 aliphatic carbocycles. The molecular weight excluding hydrogens is 511 g/mol. The Morgan fingerprint density at radius 1 is 1.24 bits per heavy atom. The average Bonchev–Trinajstić information content (AvgIpc) is 3.31. The van der Waals surface area contributed by atoms with Gasteiger partial charge in [-0.15, -0.1) is 0 Å². The van der Waals surface area contributed by atoms with Gasteiger partial charge in [0.25, 0.3) is 0 Å². The van der Waals surface area contributed by atoms with Crippen LogP contribution in [0.15, 0.2) is 53.4 Å². The van der Waals surface area contributed by atoms with Crippen molar-refractivity contribution in [3.8, 4) is 0 Å². The van der Waals surface area contributed by atoms with E-state index in [0.717, 1.165) is 11.6 Å². The molecule has 8 nitrogen and oxygen atoms in total. The number of aliphatic hydroxyl groups is 1. The number of hydrogen-bond donors (Lipinski definition) is 2. The third-order valence-corrected chi connectivity index (χ3v) is 9.31. The lowest BCUT2D eigenvalue weighted by Gasteiger charge is -2.34. The van der Waals surface area contributed by atoms with Gasteiger partial charge in [0.05, 0.1) is 30.3 Å². The van der Waals surface area contributed by atoms with E-state index in [4.69, 9.17) is 9.47 Å². The maximum atomic E-state index is 14.1. The molecule has 0 spiro atoms. The van der Waals surface area contributed by atoms with E-state index in [-0.39, 0.29) is 41.8 Å². The SMILES string of the molecule is CC(C)(C)[C@@H]1Cc2cc(F)ccc2S(=O)(=O)N(C[C@@H](O)[C@H](Cc2ccccc2)NC(=O)O[C@H]2CCOC2)C1. The first-order chi connectivity index (χ1) is 17.9. The zero-order valence-electron chi connectivity index (χ0n) is 22.1. The van der Waals surface area contributed by atoms with Crippen LogP contribution in [0.1, 0.15) is 38.3 Å². The lowest BCUT2D eigenvalue weighted by Crippen LogP contribution is -2.52. The Hall–Kier alpha value is -2.53. The highest BCUT2D eigenvalue weighted by Gasteiger charge is 2.40. The fraction of sp³-hybridized carbons (Fsp3) is 0.536.